The van der Waals surface area contributed by atoms with Gasteiger partial charge in [-0.05, 0) is 54.3 Å². The average molecular weight is 471 g/mol. The van der Waals surface area contributed by atoms with Crippen molar-refractivity contribution in [3.63, 3.8) is 0 Å². The van der Waals surface area contributed by atoms with Crippen LogP contribution >= 0.6 is 0 Å². The van der Waals surface area contributed by atoms with Crippen molar-refractivity contribution in [3.8, 4) is 11.5 Å². The molecule has 7 nitrogen and oxygen atoms in total. The van der Waals surface area contributed by atoms with Crippen LogP contribution in [0.3, 0.4) is 0 Å². The highest BCUT2D eigenvalue weighted by molar-refractivity contribution is 6.39. The Morgan fingerprint density at radius 3 is 2.34 bits per heavy atom. The first-order chi connectivity index (χ1) is 17.0. The van der Waals surface area contributed by atoms with Gasteiger partial charge in [0.2, 0.25) is 0 Å². The molecule has 0 bridgehead atoms. The molecule has 0 unspecified atom stereocenters. The minimum absolute atomic E-state index is 0.143. The predicted molar refractivity (Wildman–Crippen MR) is 133 cm³/mol. The number of nitrogens with zero attached hydrogens (tertiary/aromatic N) is 1. The Labute approximate surface area is 204 Å². The largest absolute Gasteiger partial charge is 0.490 e. The molecule has 0 spiro atoms. The number of carbonyl (C=O) groups is 3. The number of anilines is 1. The van der Waals surface area contributed by atoms with Crippen LogP contribution in [0, 0.1) is 0 Å². The van der Waals surface area contributed by atoms with Crippen LogP contribution < -0.4 is 19.7 Å². The fourth-order valence-corrected chi connectivity index (χ4v) is 3.81. The molecule has 1 aliphatic heterocycles. The van der Waals surface area contributed by atoms with E-state index in [-0.39, 0.29) is 5.57 Å². The van der Waals surface area contributed by atoms with E-state index >= 15 is 0 Å². The van der Waals surface area contributed by atoms with E-state index in [9.17, 15) is 14.4 Å². The first kappa shape index (κ1) is 23.8. The molecule has 0 atom stereocenters. The number of amides is 4. The normalized spacial score (nSPS) is 14.7. The van der Waals surface area contributed by atoms with Gasteiger partial charge in [-0.1, -0.05) is 61.5 Å². The van der Waals surface area contributed by atoms with Crippen molar-refractivity contribution in [2.24, 2.45) is 0 Å². The van der Waals surface area contributed by atoms with E-state index < -0.39 is 17.8 Å². The van der Waals surface area contributed by atoms with Gasteiger partial charge in [-0.25, -0.2) is 9.69 Å². The van der Waals surface area contributed by atoms with Crippen LogP contribution in [0.15, 0.2) is 78.4 Å². The molecule has 0 radical (unpaired) electrons. The molecule has 4 rings (SSSR count). The van der Waals surface area contributed by atoms with Crippen LogP contribution in [0.4, 0.5) is 10.5 Å². The third kappa shape index (κ3) is 5.24. The summed E-state index contributed by atoms with van der Waals surface area (Å²) in [5, 5.41) is 2.27. The zero-order valence-corrected chi connectivity index (χ0v) is 19.6. The summed E-state index contributed by atoms with van der Waals surface area (Å²) >= 11 is 0. The number of urea groups is 1. The molecule has 1 saturated heterocycles. The maximum atomic E-state index is 13.3. The minimum atomic E-state index is -0.766. The smallest absolute Gasteiger partial charge is 0.335 e. The van der Waals surface area contributed by atoms with Gasteiger partial charge >= 0.3 is 6.03 Å². The van der Waals surface area contributed by atoms with Gasteiger partial charge in [-0.15, -0.1) is 0 Å². The molecule has 3 aromatic carbocycles. The zero-order chi connectivity index (χ0) is 24.8. The molecule has 178 valence electrons. The number of hydrogen-bond acceptors (Lipinski definition) is 5. The topological polar surface area (TPSA) is 84.9 Å². The van der Waals surface area contributed by atoms with Gasteiger partial charge in [0, 0.05) is 0 Å². The zero-order valence-electron chi connectivity index (χ0n) is 19.6. The Balaban J connectivity index is 1.64. The number of ether oxygens (including phenoxy) is 2. The molecule has 1 N–H and O–H groups in total. The van der Waals surface area contributed by atoms with Crippen molar-refractivity contribution in [1.29, 1.82) is 0 Å². The molecule has 4 amide bonds. The molecule has 1 fully saturated rings. The number of aryl methyl sites for hydroxylation is 1. The van der Waals surface area contributed by atoms with Gasteiger partial charge in [0.25, 0.3) is 11.8 Å². The Hall–Kier alpha value is -4.39. The molecular weight excluding hydrogens is 444 g/mol. The average Bonchev–Trinajstić information content (AvgIpc) is 2.87. The summed E-state index contributed by atoms with van der Waals surface area (Å²) in [7, 11) is 0. The van der Waals surface area contributed by atoms with Crippen LogP contribution in [0.5, 0.6) is 11.5 Å². The Morgan fingerprint density at radius 1 is 0.857 bits per heavy atom. The van der Waals surface area contributed by atoms with Crippen molar-refractivity contribution < 1.29 is 23.9 Å². The van der Waals surface area contributed by atoms with Crippen molar-refractivity contribution in [1.82, 2.24) is 5.32 Å². The van der Waals surface area contributed by atoms with E-state index in [0.29, 0.717) is 42.4 Å². The third-order valence-electron chi connectivity index (χ3n) is 5.53. The Morgan fingerprint density at radius 2 is 1.60 bits per heavy atom. The van der Waals surface area contributed by atoms with E-state index in [1.54, 1.807) is 30.3 Å². The van der Waals surface area contributed by atoms with E-state index in [2.05, 4.69) is 5.32 Å². The maximum absolute atomic E-state index is 13.3. The second-order valence-corrected chi connectivity index (χ2v) is 7.85. The predicted octanol–water partition coefficient (Wildman–Crippen LogP) is 4.89. The van der Waals surface area contributed by atoms with Crippen molar-refractivity contribution in [3.05, 3.63) is 95.1 Å². The van der Waals surface area contributed by atoms with Crippen LogP contribution in [0.2, 0.25) is 0 Å². The van der Waals surface area contributed by atoms with Crippen LogP contribution in [0.1, 0.15) is 30.5 Å². The number of rotatable bonds is 8. The Bertz CT molecular complexity index is 1280. The monoisotopic (exact) mass is 470 g/mol. The number of imide groups is 2. The summed E-state index contributed by atoms with van der Waals surface area (Å²) < 4.78 is 11.7. The van der Waals surface area contributed by atoms with Gasteiger partial charge in [0.15, 0.2) is 11.5 Å². The number of carbonyl (C=O) groups excluding carboxylic acids is 3. The van der Waals surface area contributed by atoms with Crippen LogP contribution in [-0.2, 0) is 22.6 Å². The lowest BCUT2D eigenvalue weighted by Crippen LogP contribution is -2.54. The standard InChI is InChI=1S/C28H26N2O5/c1-3-21-12-8-9-13-23(21)30-27(32)22(26(31)29-28(30)33)16-20-14-15-24(25(17-20)34-4-2)35-18-19-10-6-5-7-11-19/h5-17H,3-4,18H2,1-2H3,(H,29,31,33)/b22-16-. The summed E-state index contributed by atoms with van der Waals surface area (Å²) in [6.07, 6.45) is 2.08. The van der Waals surface area contributed by atoms with Crippen molar-refractivity contribution in [2.45, 2.75) is 26.9 Å². The molecule has 0 saturated carbocycles. The van der Waals surface area contributed by atoms with Gasteiger partial charge in [0.05, 0.1) is 12.3 Å². The third-order valence-corrected chi connectivity index (χ3v) is 5.53. The highest BCUT2D eigenvalue weighted by atomic mass is 16.5. The van der Waals surface area contributed by atoms with Gasteiger partial charge in [-0.3, -0.25) is 14.9 Å². The summed E-state index contributed by atoms with van der Waals surface area (Å²) in [4.78, 5) is 39.4. The van der Waals surface area contributed by atoms with E-state index in [4.69, 9.17) is 9.47 Å². The molecule has 3 aromatic rings. The van der Waals surface area contributed by atoms with Crippen LogP contribution in [0.25, 0.3) is 6.08 Å². The number of barbiturate groups is 1. The SMILES string of the molecule is CCOc1cc(/C=C2/C(=O)NC(=O)N(c3ccccc3CC)C2=O)ccc1OCc1ccccc1. The first-order valence-electron chi connectivity index (χ1n) is 11.4. The molecule has 7 heteroatoms. The number of hydrogen-bond donors (Lipinski definition) is 1. The maximum Gasteiger partial charge on any atom is 0.335 e. The number of para-hydroxylation sites is 1. The van der Waals surface area contributed by atoms with Gasteiger partial charge < -0.3 is 9.47 Å². The fourth-order valence-electron chi connectivity index (χ4n) is 3.81. The fraction of sp³-hybridized carbons (Fsp3) is 0.179. The summed E-state index contributed by atoms with van der Waals surface area (Å²) in [6, 6.07) is 21.3. The molecule has 0 aromatic heterocycles. The lowest BCUT2D eigenvalue weighted by molar-refractivity contribution is -0.122. The van der Waals surface area contributed by atoms with E-state index in [1.165, 1.54) is 6.08 Å². The number of nitrogens with one attached hydrogen (secondary N) is 1. The summed E-state index contributed by atoms with van der Waals surface area (Å²) in [5.74, 6) is -0.383. The quantitative estimate of drug-likeness (QED) is 0.374. The highest BCUT2D eigenvalue weighted by Gasteiger charge is 2.37. The summed E-state index contributed by atoms with van der Waals surface area (Å²) in [6.45, 7) is 4.58. The van der Waals surface area contributed by atoms with Gasteiger partial charge in [-0.2, -0.15) is 0 Å². The highest BCUT2D eigenvalue weighted by Crippen LogP contribution is 2.31. The lowest BCUT2D eigenvalue weighted by Gasteiger charge is -2.28. The second-order valence-electron chi connectivity index (χ2n) is 7.85. The molecule has 1 aliphatic rings. The molecular formula is C28H26N2O5. The molecule has 1 heterocycles. The lowest BCUT2D eigenvalue weighted by atomic mass is 10.0. The minimum Gasteiger partial charge on any atom is -0.490 e. The molecule has 0 aliphatic carbocycles. The van der Waals surface area contributed by atoms with Gasteiger partial charge in [0.1, 0.15) is 12.2 Å². The summed E-state index contributed by atoms with van der Waals surface area (Å²) in [5.41, 5.74) is 2.72. The first-order valence-corrected chi connectivity index (χ1v) is 11.4. The van der Waals surface area contributed by atoms with E-state index in [1.807, 2.05) is 56.3 Å². The van der Waals surface area contributed by atoms with Crippen molar-refractivity contribution >= 4 is 29.6 Å². The molecule has 35 heavy (non-hydrogen) atoms. The Kier molecular flexibility index (Phi) is 7.26. The van der Waals surface area contributed by atoms with Crippen LogP contribution in [-0.4, -0.2) is 24.5 Å². The van der Waals surface area contributed by atoms with Crippen molar-refractivity contribution in [2.75, 3.05) is 11.5 Å². The second kappa shape index (κ2) is 10.7. The van der Waals surface area contributed by atoms with E-state index in [0.717, 1.165) is 16.0 Å². The number of benzene rings is 3.